The molecule has 2 aliphatic heterocycles. The maximum absolute atomic E-state index is 12.1. The lowest BCUT2D eigenvalue weighted by Crippen LogP contribution is -2.54. The van der Waals surface area contributed by atoms with Crippen molar-refractivity contribution in [2.75, 3.05) is 26.2 Å². The Morgan fingerprint density at radius 1 is 1.47 bits per heavy atom. The molecule has 0 aromatic rings. The minimum atomic E-state index is -0.185. The molecule has 2 unspecified atom stereocenters. The summed E-state index contributed by atoms with van der Waals surface area (Å²) in [5.41, 5.74) is 0. The molecule has 0 bridgehead atoms. The second kappa shape index (κ2) is 4.49. The van der Waals surface area contributed by atoms with Crippen molar-refractivity contribution in [1.82, 2.24) is 10.2 Å². The van der Waals surface area contributed by atoms with Gasteiger partial charge in [-0.15, -0.1) is 0 Å². The molecule has 3 atom stereocenters. The quantitative estimate of drug-likeness (QED) is 0.676. The van der Waals surface area contributed by atoms with E-state index in [2.05, 4.69) is 19.2 Å². The van der Waals surface area contributed by atoms with Gasteiger partial charge in [-0.25, -0.2) is 0 Å². The molecule has 1 N–H and O–H groups in total. The molecular weight excluding hydrogens is 192 g/mol. The van der Waals surface area contributed by atoms with E-state index in [1.165, 1.54) is 0 Å². The van der Waals surface area contributed by atoms with Crippen LogP contribution in [0.4, 0.5) is 0 Å². The molecule has 86 valence electrons. The molecule has 0 aromatic carbocycles. The Labute approximate surface area is 91.0 Å². The van der Waals surface area contributed by atoms with E-state index < -0.39 is 0 Å². The van der Waals surface area contributed by atoms with Gasteiger partial charge < -0.3 is 15.0 Å². The molecule has 2 aliphatic rings. The molecule has 15 heavy (non-hydrogen) atoms. The first kappa shape index (κ1) is 10.9. The van der Waals surface area contributed by atoms with Gasteiger partial charge in [0.25, 0.3) is 5.91 Å². The number of hydrogen-bond acceptors (Lipinski definition) is 3. The van der Waals surface area contributed by atoms with Crippen molar-refractivity contribution < 1.29 is 9.53 Å². The van der Waals surface area contributed by atoms with E-state index in [1.807, 2.05) is 4.90 Å². The van der Waals surface area contributed by atoms with Crippen LogP contribution in [0, 0.1) is 5.92 Å². The Morgan fingerprint density at radius 2 is 2.27 bits per heavy atom. The monoisotopic (exact) mass is 212 g/mol. The third-order valence-electron chi connectivity index (χ3n) is 3.31. The highest BCUT2D eigenvalue weighted by Gasteiger charge is 2.35. The second-order valence-corrected chi connectivity index (χ2v) is 4.70. The largest absolute Gasteiger partial charge is 0.368 e. The second-order valence-electron chi connectivity index (χ2n) is 4.70. The van der Waals surface area contributed by atoms with Crippen LogP contribution in [0.5, 0.6) is 0 Å². The number of carbonyl (C=O) groups excluding carboxylic acids is 1. The molecule has 1 amide bonds. The van der Waals surface area contributed by atoms with Crippen LogP contribution in [0.3, 0.4) is 0 Å². The summed E-state index contributed by atoms with van der Waals surface area (Å²) in [5, 5.41) is 3.33. The van der Waals surface area contributed by atoms with Gasteiger partial charge in [0.1, 0.15) is 6.10 Å². The molecule has 0 saturated carbocycles. The maximum Gasteiger partial charge on any atom is 0.252 e. The van der Waals surface area contributed by atoms with Gasteiger partial charge in [0.15, 0.2) is 0 Å². The van der Waals surface area contributed by atoms with Crippen molar-refractivity contribution in [3.05, 3.63) is 0 Å². The van der Waals surface area contributed by atoms with Crippen molar-refractivity contribution in [3.8, 4) is 0 Å². The van der Waals surface area contributed by atoms with Crippen molar-refractivity contribution in [3.63, 3.8) is 0 Å². The molecule has 4 heteroatoms. The van der Waals surface area contributed by atoms with E-state index >= 15 is 0 Å². The average Bonchev–Trinajstić information content (AvgIpc) is 2.63. The number of nitrogens with zero attached hydrogens (tertiary/aromatic N) is 1. The Hall–Kier alpha value is -0.610. The smallest absolute Gasteiger partial charge is 0.252 e. The fourth-order valence-electron chi connectivity index (χ4n) is 2.32. The van der Waals surface area contributed by atoms with Crippen LogP contribution >= 0.6 is 0 Å². The van der Waals surface area contributed by atoms with E-state index in [0.29, 0.717) is 12.0 Å². The van der Waals surface area contributed by atoms with E-state index in [1.54, 1.807) is 0 Å². The Bertz CT molecular complexity index is 245. The number of amides is 1. The minimum absolute atomic E-state index is 0.185. The molecule has 0 spiro atoms. The lowest BCUT2D eigenvalue weighted by molar-refractivity contribution is -0.143. The van der Waals surface area contributed by atoms with Crippen LogP contribution < -0.4 is 5.32 Å². The number of ether oxygens (including phenoxy) is 1. The predicted octanol–water partition coefficient (Wildman–Crippen LogP) is 0.232. The molecule has 2 heterocycles. The molecule has 0 aromatic heterocycles. The van der Waals surface area contributed by atoms with Crippen LogP contribution in [-0.4, -0.2) is 49.2 Å². The summed E-state index contributed by atoms with van der Waals surface area (Å²) >= 11 is 0. The number of nitrogens with one attached hydrogen (secondary N) is 1. The third-order valence-corrected chi connectivity index (χ3v) is 3.31. The number of carbonyl (C=O) groups is 1. The first-order chi connectivity index (χ1) is 7.18. The molecule has 4 nitrogen and oxygen atoms in total. The van der Waals surface area contributed by atoms with Crippen LogP contribution in [0.1, 0.15) is 20.3 Å². The standard InChI is InChI=1S/C11H20N2O2/c1-8-3-6-15-10(8)11(14)13-5-4-12-9(2)7-13/h8-10,12H,3-7H2,1-2H3/t8?,9-,10?/m1/s1. The van der Waals surface area contributed by atoms with Gasteiger partial charge in [0.05, 0.1) is 0 Å². The van der Waals surface area contributed by atoms with Crippen molar-refractivity contribution in [2.45, 2.75) is 32.4 Å². The number of piperazine rings is 1. The summed E-state index contributed by atoms with van der Waals surface area (Å²) in [4.78, 5) is 14.1. The van der Waals surface area contributed by atoms with Crippen LogP contribution in [-0.2, 0) is 9.53 Å². The summed E-state index contributed by atoms with van der Waals surface area (Å²) in [6.45, 7) is 7.47. The van der Waals surface area contributed by atoms with E-state index in [0.717, 1.165) is 32.7 Å². The normalized spacial score (nSPS) is 36.9. The van der Waals surface area contributed by atoms with Gasteiger partial charge in [-0.2, -0.15) is 0 Å². The van der Waals surface area contributed by atoms with Crippen molar-refractivity contribution in [1.29, 1.82) is 0 Å². The number of rotatable bonds is 1. The van der Waals surface area contributed by atoms with E-state index in [9.17, 15) is 4.79 Å². The molecule has 2 rings (SSSR count). The van der Waals surface area contributed by atoms with Gasteiger partial charge in [-0.1, -0.05) is 6.92 Å². The maximum atomic E-state index is 12.1. The summed E-state index contributed by atoms with van der Waals surface area (Å²) < 4.78 is 5.50. The summed E-state index contributed by atoms with van der Waals surface area (Å²) in [6.07, 6.45) is 0.827. The summed E-state index contributed by atoms with van der Waals surface area (Å²) in [6, 6.07) is 0.402. The fraction of sp³-hybridized carbons (Fsp3) is 0.909. The SMILES string of the molecule is CC1CCOC1C(=O)N1CCN[C@H](C)C1. The third kappa shape index (κ3) is 2.32. The van der Waals surface area contributed by atoms with Crippen LogP contribution in [0.25, 0.3) is 0 Å². The zero-order valence-electron chi connectivity index (χ0n) is 9.53. The van der Waals surface area contributed by atoms with Gasteiger partial charge in [-0.3, -0.25) is 4.79 Å². The summed E-state index contributed by atoms with van der Waals surface area (Å²) in [7, 11) is 0. The highest BCUT2D eigenvalue weighted by molar-refractivity contribution is 5.81. The Kier molecular flexibility index (Phi) is 3.26. The zero-order valence-corrected chi connectivity index (χ0v) is 9.53. The van der Waals surface area contributed by atoms with Gasteiger partial charge in [0.2, 0.25) is 0 Å². The van der Waals surface area contributed by atoms with Crippen molar-refractivity contribution >= 4 is 5.91 Å². The Balaban J connectivity index is 1.94. The molecule has 0 radical (unpaired) electrons. The van der Waals surface area contributed by atoms with Gasteiger partial charge >= 0.3 is 0 Å². The lowest BCUT2D eigenvalue weighted by Gasteiger charge is -2.34. The lowest BCUT2D eigenvalue weighted by atomic mass is 10.0. The zero-order chi connectivity index (χ0) is 10.8. The highest BCUT2D eigenvalue weighted by atomic mass is 16.5. The molecule has 0 aliphatic carbocycles. The van der Waals surface area contributed by atoms with Gasteiger partial charge in [0, 0.05) is 32.3 Å². The van der Waals surface area contributed by atoms with E-state index in [4.69, 9.17) is 4.74 Å². The first-order valence-corrected chi connectivity index (χ1v) is 5.82. The molecule has 2 fully saturated rings. The number of hydrogen-bond donors (Lipinski definition) is 1. The average molecular weight is 212 g/mol. The topological polar surface area (TPSA) is 41.6 Å². The van der Waals surface area contributed by atoms with E-state index in [-0.39, 0.29) is 12.0 Å². The van der Waals surface area contributed by atoms with Gasteiger partial charge in [-0.05, 0) is 19.3 Å². The molecular formula is C11H20N2O2. The van der Waals surface area contributed by atoms with Crippen LogP contribution in [0.15, 0.2) is 0 Å². The highest BCUT2D eigenvalue weighted by Crippen LogP contribution is 2.22. The first-order valence-electron chi connectivity index (χ1n) is 5.82. The Morgan fingerprint density at radius 3 is 2.87 bits per heavy atom. The van der Waals surface area contributed by atoms with Crippen molar-refractivity contribution in [2.24, 2.45) is 5.92 Å². The fourth-order valence-corrected chi connectivity index (χ4v) is 2.32. The molecule has 2 saturated heterocycles. The van der Waals surface area contributed by atoms with Crippen LogP contribution in [0.2, 0.25) is 0 Å². The predicted molar refractivity (Wildman–Crippen MR) is 57.6 cm³/mol. The summed E-state index contributed by atoms with van der Waals surface area (Å²) in [5.74, 6) is 0.566. The minimum Gasteiger partial charge on any atom is -0.368 e.